The number of nitrogens with two attached hydrogens (primary N) is 2. The maximum absolute atomic E-state index is 13.2. The number of carbonyl (C=O) groups is 1. The third-order valence-electron chi connectivity index (χ3n) is 10.8. The molecule has 5 rings (SSSR count). The number of aliphatic hydroxyl groups is 1. The zero-order valence-corrected chi connectivity index (χ0v) is 28.6. The quantitative estimate of drug-likeness (QED) is 0.0712. The van der Waals surface area contributed by atoms with E-state index >= 15 is 0 Å². The van der Waals surface area contributed by atoms with Gasteiger partial charge in [-0.15, -0.1) is 0 Å². The fraction of sp³-hybridized carbons (Fsp3) is 0.641. The summed E-state index contributed by atoms with van der Waals surface area (Å²) < 4.78 is 12.5. The Bertz CT molecular complexity index is 1430. The van der Waals surface area contributed by atoms with Crippen molar-refractivity contribution in [1.29, 1.82) is 0 Å². The van der Waals surface area contributed by atoms with E-state index < -0.39 is 0 Å². The molecule has 2 bridgehead atoms. The fourth-order valence-corrected chi connectivity index (χ4v) is 8.63. The number of aliphatic hydroxyl groups excluding tert-OH is 1. The molecule has 6 atom stereocenters. The molecule has 0 aromatic heterocycles. The molecule has 1 aromatic carbocycles. The highest BCUT2D eigenvalue weighted by Gasteiger charge is 2.46. The van der Waals surface area contributed by atoms with E-state index in [1.54, 1.807) is 13.2 Å². The molecular weight excluding hydrogens is 590 g/mol. The highest BCUT2D eigenvalue weighted by atomic mass is 16.5. The zero-order chi connectivity index (χ0) is 33.5. The summed E-state index contributed by atoms with van der Waals surface area (Å²) in [5.74, 6) is 8.57. The molecule has 8 nitrogen and oxygen atoms in total. The Hall–Kier alpha value is -3.28. The van der Waals surface area contributed by atoms with Gasteiger partial charge in [-0.1, -0.05) is 43.8 Å². The molecule has 4 aliphatic carbocycles. The van der Waals surface area contributed by atoms with Crippen LogP contribution in [0.3, 0.4) is 0 Å². The number of hydrogen-bond acceptors (Lipinski definition) is 6. The first-order chi connectivity index (χ1) is 22.7. The second-order valence-electron chi connectivity index (χ2n) is 14.4. The molecular formula is C39H55N3O5. The number of guanidine groups is 1. The lowest BCUT2D eigenvalue weighted by Gasteiger charge is -2.47. The Balaban J connectivity index is 1.69. The lowest BCUT2D eigenvalue weighted by atomic mass is 9.58. The summed E-state index contributed by atoms with van der Waals surface area (Å²) in [5.41, 5.74) is 16.6. The largest absolute Gasteiger partial charge is 0.504 e. The standard InChI is InChI=1S/C39H55N3O5/c1-4-8-25(22-43)18-30(44)16-15-27-21-35(47-31-10-5-6-11-31)38(45)37-32(27)12-7-9-29(42-39(40)41)20-28-19-26-14-13-24(2)17-33(26)36(37)34(28)23-46-3/h18-19,21,24,28-29,31,33-34,36,43,45H,4-6,8-11,13-17,20,22-23H2,1-3H3,(H4,40,41,42)/t24-,28-,29+,33+,34?,36?/m0/s1. The minimum absolute atomic E-state index is 0.0236. The lowest BCUT2D eigenvalue weighted by molar-refractivity contribution is -0.114. The number of fused-ring (bicyclic) bond motifs is 6. The molecule has 0 amide bonds. The summed E-state index contributed by atoms with van der Waals surface area (Å²) in [6, 6.07) is 1.77. The highest BCUT2D eigenvalue weighted by Crippen LogP contribution is 2.56. The number of benzene rings is 1. The first kappa shape index (κ1) is 35.0. The van der Waals surface area contributed by atoms with E-state index in [0.29, 0.717) is 37.5 Å². The molecule has 1 aromatic rings. The number of ketones is 1. The van der Waals surface area contributed by atoms with Crippen LogP contribution < -0.4 is 16.2 Å². The van der Waals surface area contributed by atoms with Gasteiger partial charge < -0.3 is 31.2 Å². The van der Waals surface area contributed by atoms with Crippen LogP contribution in [0.1, 0.15) is 114 Å². The predicted octanol–water partition coefficient (Wildman–Crippen LogP) is 6.06. The number of rotatable bonds is 12. The average molecular weight is 646 g/mol. The topological polar surface area (TPSA) is 140 Å². The van der Waals surface area contributed by atoms with Crippen LogP contribution in [0.4, 0.5) is 0 Å². The van der Waals surface area contributed by atoms with Crippen LogP contribution in [0.25, 0.3) is 0 Å². The third kappa shape index (κ3) is 8.42. The molecule has 2 unspecified atom stereocenters. The normalized spacial score (nSPS) is 27.5. The van der Waals surface area contributed by atoms with Gasteiger partial charge in [0.2, 0.25) is 0 Å². The van der Waals surface area contributed by atoms with Gasteiger partial charge in [0.1, 0.15) is 0 Å². The van der Waals surface area contributed by atoms with Crippen molar-refractivity contribution in [3.63, 3.8) is 0 Å². The Morgan fingerprint density at radius 1 is 1.17 bits per heavy atom. The van der Waals surface area contributed by atoms with Crippen molar-refractivity contribution in [1.82, 2.24) is 0 Å². The van der Waals surface area contributed by atoms with E-state index in [1.165, 1.54) is 5.57 Å². The Morgan fingerprint density at radius 2 is 1.96 bits per heavy atom. The molecule has 0 spiro atoms. The molecule has 6 N–H and O–H groups in total. The fourth-order valence-electron chi connectivity index (χ4n) is 8.63. The summed E-state index contributed by atoms with van der Waals surface area (Å²) in [6.07, 6.45) is 15.0. The minimum Gasteiger partial charge on any atom is -0.504 e. The van der Waals surface area contributed by atoms with Crippen molar-refractivity contribution in [2.24, 2.45) is 40.1 Å². The number of aryl methyl sites for hydroxylation is 1. The number of nitrogens with zero attached hydrogens (tertiary/aromatic N) is 1. The SMILES string of the molecule is CCCC(=CC(=O)CCc1cc(OC2CCCC2)c(O)c2c1C#CC[C@@H](N=C(N)N)C[C@@H]1C=C3CC[C@H](C)C[C@H]3C2C1COC)CO. The van der Waals surface area contributed by atoms with Crippen LogP contribution in [-0.2, 0) is 16.0 Å². The maximum Gasteiger partial charge on any atom is 0.186 e. The van der Waals surface area contributed by atoms with Gasteiger partial charge >= 0.3 is 0 Å². The number of phenolic OH excluding ortho intramolecular Hbond substituents is 1. The first-order valence-corrected chi connectivity index (χ1v) is 17.9. The summed E-state index contributed by atoms with van der Waals surface area (Å²) in [6.45, 7) is 4.77. The number of aliphatic imine (C=N–C) groups is 1. The van der Waals surface area contributed by atoms with E-state index in [-0.39, 0.29) is 66.3 Å². The molecule has 0 aliphatic heterocycles. The molecule has 4 aliphatic rings. The van der Waals surface area contributed by atoms with Gasteiger partial charge in [0, 0.05) is 37.0 Å². The second-order valence-corrected chi connectivity index (χ2v) is 14.4. The number of hydrogen-bond donors (Lipinski definition) is 4. The van der Waals surface area contributed by atoms with E-state index in [1.807, 2.05) is 13.0 Å². The number of methoxy groups -OCH3 is 1. The zero-order valence-electron chi connectivity index (χ0n) is 28.6. The van der Waals surface area contributed by atoms with E-state index in [4.69, 9.17) is 20.9 Å². The molecule has 8 heteroatoms. The summed E-state index contributed by atoms with van der Waals surface area (Å²) >= 11 is 0. The summed E-state index contributed by atoms with van der Waals surface area (Å²) in [5, 5.41) is 22.1. The monoisotopic (exact) mass is 645 g/mol. The van der Waals surface area contributed by atoms with E-state index in [2.05, 4.69) is 29.8 Å². The van der Waals surface area contributed by atoms with Crippen molar-refractivity contribution >= 4 is 11.7 Å². The molecule has 2 saturated carbocycles. The summed E-state index contributed by atoms with van der Waals surface area (Å²) in [4.78, 5) is 17.8. The molecule has 256 valence electrons. The number of aromatic hydroxyl groups is 1. The number of phenols is 1. The van der Waals surface area contributed by atoms with Gasteiger partial charge in [-0.05, 0) is 111 Å². The van der Waals surface area contributed by atoms with Crippen LogP contribution in [0.15, 0.2) is 34.4 Å². The van der Waals surface area contributed by atoms with Crippen LogP contribution in [0.2, 0.25) is 0 Å². The van der Waals surface area contributed by atoms with Crippen molar-refractivity contribution in [2.75, 3.05) is 20.3 Å². The molecule has 0 saturated heterocycles. The third-order valence-corrected chi connectivity index (χ3v) is 10.8. The van der Waals surface area contributed by atoms with Gasteiger partial charge in [-0.2, -0.15) is 0 Å². The van der Waals surface area contributed by atoms with Gasteiger partial charge in [0.15, 0.2) is 23.2 Å². The predicted molar refractivity (Wildman–Crippen MR) is 186 cm³/mol. The van der Waals surface area contributed by atoms with Crippen molar-refractivity contribution in [3.05, 3.63) is 46.1 Å². The van der Waals surface area contributed by atoms with Crippen molar-refractivity contribution in [3.8, 4) is 23.3 Å². The highest BCUT2D eigenvalue weighted by molar-refractivity contribution is 5.90. The molecule has 0 radical (unpaired) electrons. The number of carbonyl (C=O) groups excluding carboxylic acids is 1. The maximum atomic E-state index is 13.2. The average Bonchev–Trinajstić information content (AvgIpc) is 3.55. The van der Waals surface area contributed by atoms with Crippen LogP contribution >= 0.6 is 0 Å². The molecule has 2 fully saturated rings. The van der Waals surface area contributed by atoms with Gasteiger partial charge in [-0.3, -0.25) is 4.79 Å². The van der Waals surface area contributed by atoms with E-state index in [9.17, 15) is 15.0 Å². The lowest BCUT2D eigenvalue weighted by Crippen LogP contribution is -2.39. The van der Waals surface area contributed by atoms with Crippen LogP contribution in [-0.4, -0.2) is 54.4 Å². The number of allylic oxidation sites excluding steroid dienone is 3. The minimum atomic E-state index is -0.167. The first-order valence-electron chi connectivity index (χ1n) is 17.9. The Labute approximate surface area is 281 Å². The van der Waals surface area contributed by atoms with Crippen molar-refractivity contribution < 1.29 is 24.5 Å². The second kappa shape index (κ2) is 16.2. The van der Waals surface area contributed by atoms with Crippen LogP contribution in [0.5, 0.6) is 11.5 Å². The van der Waals surface area contributed by atoms with Gasteiger partial charge in [-0.25, -0.2) is 4.99 Å². The van der Waals surface area contributed by atoms with E-state index in [0.717, 1.165) is 80.1 Å². The van der Waals surface area contributed by atoms with Crippen LogP contribution in [0, 0.1) is 35.5 Å². The smallest absolute Gasteiger partial charge is 0.186 e. The van der Waals surface area contributed by atoms with Crippen molar-refractivity contribution in [2.45, 2.75) is 115 Å². The van der Waals surface area contributed by atoms with Gasteiger partial charge in [0.25, 0.3) is 0 Å². The summed E-state index contributed by atoms with van der Waals surface area (Å²) in [7, 11) is 1.75. The Kier molecular flexibility index (Phi) is 12.1. The Morgan fingerprint density at radius 3 is 2.66 bits per heavy atom. The molecule has 47 heavy (non-hydrogen) atoms. The van der Waals surface area contributed by atoms with Gasteiger partial charge in [0.05, 0.1) is 25.4 Å². The number of ether oxygens (including phenoxy) is 2. The molecule has 0 heterocycles.